The van der Waals surface area contributed by atoms with Crippen LogP contribution < -0.4 is 22.4 Å². The Balaban J connectivity index is 0.00000272. The molecule has 0 radical (unpaired) electrons. The zero-order valence-corrected chi connectivity index (χ0v) is 20.4. The molecule has 0 bridgehead atoms. The third kappa shape index (κ3) is 5.39. The van der Waals surface area contributed by atoms with Gasteiger partial charge in [0.05, 0.1) is 10.6 Å². The predicted octanol–water partition coefficient (Wildman–Crippen LogP) is 4.44. The van der Waals surface area contributed by atoms with Gasteiger partial charge in [-0.15, -0.1) is 0 Å². The normalized spacial score (nSPS) is 11.1. The second-order valence-electron chi connectivity index (χ2n) is 8.04. The summed E-state index contributed by atoms with van der Waals surface area (Å²) >= 11 is 14.2. The highest BCUT2D eigenvalue weighted by molar-refractivity contribution is 7.18. The number of rotatable bonds is 4. The molecule has 0 aliphatic rings. The number of halogens is 3. The fraction of sp³-hybridized carbons (Fsp3) is 0.167. The SMILES string of the molecule is CC(C)(C)c1ccc(Nc2n[n+](-c3ccccc3)c(-c3ccc(Cl)cc3Cl)s2)cc1.[Cl-]. The Morgan fingerprint density at radius 3 is 2.19 bits per heavy atom. The third-order valence-electron chi connectivity index (χ3n) is 4.74. The standard InChI is InChI=1S/C24H22Cl2N3S.ClH/c1-24(2,3)16-9-12-18(13-10-16)27-23-28-29(19-7-5-4-6-8-19)22(30-23)20-14-11-17(25)15-21(20)26;/h4-15H,1-3H3,(H,27,28);1H/q+1;/p-1. The van der Waals surface area contributed by atoms with Crippen LogP contribution in [0.3, 0.4) is 0 Å². The molecule has 1 aromatic heterocycles. The molecule has 1 N–H and O–H groups in total. The van der Waals surface area contributed by atoms with E-state index in [0.29, 0.717) is 10.0 Å². The zero-order valence-electron chi connectivity index (χ0n) is 17.4. The Hall–Kier alpha value is -2.11. The maximum atomic E-state index is 6.51. The van der Waals surface area contributed by atoms with Crippen LogP contribution >= 0.6 is 34.5 Å². The molecule has 4 aromatic rings. The van der Waals surface area contributed by atoms with Gasteiger partial charge >= 0.3 is 5.01 Å². The van der Waals surface area contributed by atoms with Gasteiger partial charge in [0.2, 0.25) is 5.69 Å². The molecule has 0 amide bonds. The number of nitrogens with zero attached hydrogens (tertiary/aromatic N) is 2. The molecule has 0 unspecified atom stereocenters. The lowest BCUT2D eigenvalue weighted by Gasteiger charge is -2.19. The van der Waals surface area contributed by atoms with Gasteiger partial charge in [0, 0.05) is 27.9 Å². The maximum absolute atomic E-state index is 6.51. The van der Waals surface area contributed by atoms with Gasteiger partial charge in [-0.25, -0.2) is 0 Å². The quantitative estimate of drug-likeness (QED) is 0.429. The monoisotopic (exact) mass is 489 g/mol. The second-order valence-corrected chi connectivity index (χ2v) is 9.86. The van der Waals surface area contributed by atoms with Crippen molar-refractivity contribution >= 4 is 45.4 Å². The average molecular weight is 491 g/mol. The first-order chi connectivity index (χ1) is 14.3. The van der Waals surface area contributed by atoms with E-state index < -0.39 is 0 Å². The van der Waals surface area contributed by atoms with Crippen molar-refractivity contribution in [3.8, 4) is 16.3 Å². The summed E-state index contributed by atoms with van der Waals surface area (Å²) in [6, 6.07) is 24.0. The molecule has 3 nitrogen and oxygen atoms in total. The molecule has 1 heterocycles. The van der Waals surface area contributed by atoms with E-state index in [-0.39, 0.29) is 17.8 Å². The van der Waals surface area contributed by atoms with E-state index in [2.05, 4.69) is 50.4 Å². The van der Waals surface area contributed by atoms with Gasteiger partial charge in [0.25, 0.3) is 5.13 Å². The Morgan fingerprint density at radius 1 is 0.903 bits per heavy atom. The van der Waals surface area contributed by atoms with E-state index >= 15 is 0 Å². The van der Waals surface area contributed by atoms with Gasteiger partial charge < -0.3 is 17.7 Å². The fourth-order valence-corrected chi connectivity index (χ4v) is 4.64. The minimum Gasteiger partial charge on any atom is -1.00 e. The van der Waals surface area contributed by atoms with Gasteiger partial charge in [-0.1, -0.05) is 74.3 Å². The van der Waals surface area contributed by atoms with Crippen molar-refractivity contribution in [1.82, 2.24) is 5.10 Å². The Bertz CT molecular complexity index is 1170. The van der Waals surface area contributed by atoms with Gasteiger partial charge in [-0.05, 0) is 57.3 Å². The summed E-state index contributed by atoms with van der Waals surface area (Å²) in [6.07, 6.45) is 0. The lowest BCUT2D eigenvalue weighted by Crippen LogP contribution is -3.00. The molecular formula is C24H22Cl3N3S. The molecule has 0 saturated carbocycles. The second kappa shape index (κ2) is 9.58. The highest BCUT2D eigenvalue weighted by atomic mass is 35.5. The molecule has 0 saturated heterocycles. The highest BCUT2D eigenvalue weighted by Crippen LogP contribution is 2.34. The third-order valence-corrected chi connectivity index (χ3v) is 6.25. The largest absolute Gasteiger partial charge is 1.00 e. The predicted molar refractivity (Wildman–Crippen MR) is 128 cm³/mol. The topological polar surface area (TPSA) is 28.8 Å². The van der Waals surface area contributed by atoms with Gasteiger partial charge in [-0.2, -0.15) is 0 Å². The number of nitrogens with one attached hydrogen (secondary N) is 1. The van der Waals surface area contributed by atoms with Crippen LogP contribution in [0.4, 0.5) is 10.8 Å². The molecule has 0 spiro atoms. The van der Waals surface area contributed by atoms with Crippen molar-refractivity contribution in [2.24, 2.45) is 0 Å². The summed E-state index contributed by atoms with van der Waals surface area (Å²) in [4.78, 5) is 0. The Morgan fingerprint density at radius 2 is 1.58 bits per heavy atom. The van der Waals surface area contributed by atoms with Crippen LogP contribution in [-0.4, -0.2) is 5.10 Å². The van der Waals surface area contributed by atoms with Gasteiger partial charge in [0.15, 0.2) is 0 Å². The lowest BCUT2D eigenvalue weighted by molar-refractivity contribution is -0.642. The van der Waals surface area contributed by atoms with E-state index in [1.807, 2.05) is 47.1 Å². The zero-order chi connectivity index (χ0) is 21.3. The number of benzene rings is 3. The first-order valence-electron chi connectivity index (χ1n) is 9.63. The highest BCUT2D eigenvalue weighted by Gasteiger charge is 2.26. The number of para-hydroxylation sites is 1. The molecule has 0 aliphatic heterocycles. The van der Waals surface area contributed by atoms with E-state index in [1.165, 1.54) is 5.56 Å². The molecule has 7 heteroatoms. The minimum atomic E-state index is 0. The number of aromatic nitrogens is 2. The maximum Gasteiger partial charge on any atom is 0.306 e. The van der Waals surface area contributed by atoms with Crippen molar-refractivity contribution in [1.29, 1.82) is 0 Å². The van der Waals surface area contributed by atoms with E-state index in [9.17, 15) is 0 Å². The first kappa shape index (κ1) is 23.6. The molecule has 160 valence electrons. The van der Waals surface area contributed by atoms with Crippen molar-refractivity contribution in [2.75, 3.05) is 5.32 Å². The van der Waals surface area contributed by atoms with Crippen LogP contribution in [0.15, 0.2) is 72.8 Å². The number of hydrogen-bond donors (Lipinski definition) is 1. The lowest BCUT2D eigenvalue weighted by atomic mass is 9.87. The smallest absolute Gasteiger partial charge is 0.306 e. The molecule has 0 atom stereocenters. The summed E-state index contributed by atoms with van der Waals surface area (Å²) in [7, 11) is 0. The van der Waals surface area contributed by atoms with Crippen LogP contribution in [0.5, 0.6) is 0 Å². The van der Waals surface area contributed by atoms with Gasteiger partial charge in [-0.3, -0.25) is 0 Å². The molecule has 4 rings (SSSR count). The van der Waals surface area contributed by atoms with Crippen molar-refractivity contribution in [3.63, 3.8) is 0 Å². The van der Waals surface area contributed by atoms with E-state index in [0.717, 1.165) is 27.1 Å². The molecule has 3 aromatic carbocycles. The van der Waals surface area contributed by atoms with Crippen LogP contribution in [0.1, 0.15) is 26.3 Å². The summed E-state index contributed by atoms with van der Waals surface area (Å²) in [5, 5.41) is 11.2. The molecular weight excluding hydrogens is 469 g/mol. The fourth-order valence-electron chi connectivity index (χ4n) is 3.10. The average Bonchev–Trinajstić information content (AvgIpc) is 3.12. The molecule has 31 heavy (non-hydrogen) atoms. The number of anilines is 2. The molecule has 0 fully saturated rings. The Labute approximate surface area is 203 Å². The van der Waals surface area contributed by atoms with Crippen molar-refractivity contribution < 1.29 is 17.1 Å². The van der Waals surface area contributed by atoms with Crippen LogP contribution in [0.2, 0.25) is 10.0 Å². The van der Waals surface area contributed by atoms with Crippen LogP contribution in [0, 0.1) is 0 Å². The molecule has 0 aliphatic carbocycles. The summed E-state index contributed by atoms with van der Waals surface area (Å²) < 4.78 is 1.91. The minimum absolute atomic E-state index is 0. The number of hydrogen-bond acceptors (Lipinski definition) is 3. The summed E-state index contributed by atoms with van der Waals surface area (Å²) in [5.41, 5.74) is 4.25. The van der Waals surface area contributed by atoms with Crippen molar-refractivity contribution in [3.05, 3.63) is 88.4 Å². The summed E-state index contributed by atoms with van der Waals surface area (Å²) in [6.45, 7) is 6.63. The van der Waals surface area contributed by atoms with E-state index in [1.54, 1.807) is 17.4 Å². The van der Waals surface area contributed by atoms with Crippen LogP contribution in [0.25, 0.3) is 16.3 Å². The Kier molecular flexibility index (Phi) is 7.28. The van der Waals surface area contributed by atoms with E-state index in [4.69, 9.17) is 28.3 Å². The first-order valence-corrected chi connectivity index (χ1v) is 11.2. The van der Waals surface area contributed by atoms with Crippen molar-refractivity contribution in [2.45, 2.75) is 26.2 Å². The summed E-state index contributed by atoms with van der Waals surface area (Å²) in [5.74, 6) is 0. The van der Waals surface area contributed by atoms with Crippen LogP contribution in [-0.2, 0) is 5.41 Å². The van der Waals surface area contributed by atoms with Gasteiger partial charge in [0.1, 0.15) is 0 Å².